The lowest BCUT2D eigenvalue weighted by atomic mass is 9.59. The van der Waals surface area contributed by atoms with Crippen LogP contribution >= 0.6 is 11.6 Å². The summed E-state index contributed by atoms with van der Waals surface area (Å²) in [5.41, 5.74) is 3.80. The van der Waals surface area contributed by atoms with Crippen molar-refractivity contribution in [1.29, 1.82) is 0 Å². The van der Waals surface area contributed by atoms with Gasteiger partial charge in [0, 0.05) is 22.5 Å². The standard InChI is InChI=1S/C36H41ClN2O6/c1-21(19-43-29-8-13-38-33-28(40)7-6-22(2)32(29)33)14-24-15-23-16-30-31(45-20-44-30)18-27(23)35(24)9-11-36(12-10-35,34(41)42)39-26-5-3-4-25(37)17-26/h3-5,8,13,16-18,21-22,24,28,39-40H,6-7,9-12,14-15,19-20H2,1-2H3,(H,41,42)/t21-,22-,24?,28-,35?,36?/m1/s1. The lowest BCUT2D eigenvalue weighted by molar-refractivity contribution is -0.144. The number of anilines is 1. The van der Waals surface area contributed by atoms with Crippen molar-refractivity contribution in [1.82, 2.24) is 4.98 Å². The topological polar surface area (TPSA) is 110 Å². The van der Waals surface area contributed by atoms with Gasteiger partial charge < -0.3 is 29.7 Å². The number of ether oxygens (including phenoxy) is 3. The van der Waals surface area contributed by atoms with E-state index in [9.17, 15) is 15.0 Å². The van der Waals surface area contributed by atoms with Gasteiger partial charge in [-0.1, -0.05) is 31.5 Å². The van der Waals surface area contributed by atoms with Crippen molar-refractivity contribution in [2.75, 3.05) is 18.7 Å². The van der Waals surface area contributed by atoms with E-state index < -0.39 is 17.6 Å². The summed E-state index contributed by atoms with van der Waals surface area (Å²) in [4.78, 5) is 17.3. The quantitative estimate of drug-likeness (QED) is 0.235. The van der Waals surface area contributed by atoms with Crippen LogP contribution in [-0.2, 0) is 16.6 Å². The molecule has 7 rings (SSSR count). The van der Waals surface area contributed by atoms with Crippen LogP contribution in [0.4, 0.5) is 5.69 Å². The first kappa shape index (κ1) is 30.2. The molecule has 0 saturated heterocycles. The molecule has 9 heteroatoms. The molecule has 1 spiro atoms. The second-order valence-electron chi connectivity index (χ2n) is 13.7. The molecule has 4 atom stereocenters. The van der Waals surface area contributed by atoms with Gasteiger partial charge in [-0.2, -0.15) is 0 Å². The summed E-state index contributed by atoms with van der Waals surface area (Å²) in [5.74, 6) is 2.42. The Morgan fingerprint density at radius 1 is 1.13 bits per heavy atom. The van der Waals surface area contributed by atoms with E-state index in [-0.39, 0.29) is 18.1 Å². The van der Waals surface area contributed by atoms with Crippen LogP contribution in [0.15, 0.2) is 48.7 Å². The number of carboxylic acids is 1. The van der Waals surface area contributed by atoms with Crippen LogP contribution in [0.3, 0.4) is 0 Å². The molecule has 1 saturated carbocycles. The molecule has 3 aromatic rings. The fraction of sp³-hybridized carbons (Fsp3) is 0.500. The van der Waals surface area contributed by atoms with E-state index in [1.54, 1.807) is 18.3 Å². The molecule has 1 unspecified atom stereocenters. The minimum absolute atomic E-state index is 0.173. The minimum Gasteiger partial charge on any atom is -0.493 e. The van der Waals surface area contributed by atoms with Gasteiger partial charge in [0.15, 0.2) is 11.5 Å². The molecule has 45 heavy (non-hydrogen) atoms. The van der Waals surface area contributed by atoms with Crippen LogP contribution in [0.25, 0.3) is 0 Å². The van der Waals surface area contributed by atoms with Gasteiger partial charge in [0.25, 0.3) is 0 Å². The summed E-state index contributed by atoms with van der Waals surface area (Å²) >= 11 is 6.24. The van der Waals surface area contributed by atoms with Crippen LogP contribution in [0.1, 0.15) is 93.2 Å². The number of aromatic nitrogens is 1. The number of aliphatic hydroxyl groups excluding tert-OH is 1. The Hall–Kier alpha value is -3.49. The Morgan fingerprint density at radius 3 is 2.67 bits per heavy atom. The predicted molar refractivity (Wildman–Crippen MR) is 171 cm³/mol. The summed E-state index contributed by atoms with van der Waals surface area (Å²) < 4.78 is 18.0. The summed E-state index contributed by atoms with van der Waals surface area (Å²) in [7, 11) is 0. The molecule has 0 bridgehead atoms. The molecule has 2 heterocycles. The first-order valence-electron chi connectivity index (χ1n) is 16.2. The number of aliphatic hydroxyl groups is 1. The second kappa shape index (κ2) is 11.7. The smallest absolute Gasteiger partial charge is 0.329 e. The molecule has 3 aliphatic carbocycles. The molecule has 1 fully saturated rings. The molecule has 4 aliphatic rings. The highest BCUT2D eigenvalue weighted by Gasteiger charge is 2.54. The number of nitrogens with one attached hydrogen (secondary N) is 1. The number of nitrogens with zero attached hydrogens (tertiary/aromatic N) is 1. The number of halogens is 1. The monoisotopic (exact) mass is 632 g/mol. The lowest BCUT2D eigenvalue weighted by Crippen LogP contribution is -2.53. The molecule has 0 amide bonds. The third kappa shape index (κ3) is 5.40. The van der Waals surface area contributed by atoms with Crippen molar-refractivity contribution in [3.05, 3.63) is 76.1 Å². The summed E-state index contributed by atoms with van der Waals surface area (Å²) in [5, 5.41) is 25.0. The largest absolute Gasteiger partial charge is 0.493 e. The van der Waals surface area contributed by atoms with Gasteiger partial charge in [0.05, 0.1) is 18.4 Å². The number of rotatable bonds is 8. The summed E-state index contributed by atoms with van der Waals surface area (Å²) in [6.07, 6.45) is 7.15. The summed E-state index contributed by atoms with van der Waals surface area (Å²) in [6.45, 7) is 5.19. The van der Waals surface area contributed by atoms with Crippen LogP contribution in [0.2, 0.25) is 5.02 Å². The molecule has 8 nitrogen and oxygen atoms in total. The van der Waals surface area contributed by atoms with Crippen LogP contribution in [0, 0.1) is 11.8 Å². The fourth-order valence-electron chi connectivity index (χ4n) is 8.47. The maximum atomic E-state index is 12.8. The van der Waals surface area contributed by atoms with E-state index in [4.69, 9.17) is 25.8 Å². The first-order valence-corrected chi connectivity index (χ1v) is 16.5. The maximum absolute atomic E-state index is 12.8. The van der Waals surface area contributed by atoms with Crippen LogP contribution in [-0.4, -0.2) is 40.1 Å². The number of aliphatic carboxylic acids is 1. The number of benzene rings is 2. The Labute approximate surface area is 269 Å². The van der Waals surface area contributed by atoms with Crippen molar-refractivity contribution in [3.8, 4) is 17.2 Å². The highest BCUT2D eigenvalue weighted by molar-refractivity contribution is 6.30. The number of pyridine rings is 1. The Balaban J connectivity index is 1.13. The van der Waals surface area contributed by atoms with Crippen molar-refractivity contribution in [2.24, 2.45) is 11.8 Å². The summed E-state index contributed by atoms with van der Waals surface area (Å²) in [6, 6.07) is 13.5. The average molecular weight is 633 g/mol. The number of carboxylic acid groups (broad SMARTS) is 1. The molecular weight excluding hydrogens is 592 g/mol. The van der Waals surface area contributed by atoms with Gasteiger partial charge in [0.2, 0.25) is 6.79 Å². The Kier molecular flexibility index (Phi) is 7.85. The van der Waals surface area contributed by atoms with Crippen molar-refractivity contribution < 1.29 is 29.2 Å². The van der Waals surface area contributed by atoms with E-state index in [1.807, 2.05) is 18.2 Å². The van der Waals surface area contributed by atoms with Gasteiger partial charge in [-0.05, 0) is 122 Å². The molecule has 238 valence electrons. The lowest BCUT2D eigenvalue weighted by Gasteiger charge is -2.47. The SMILES string of the molecule is C[C@@H](COc1ccnc2c1[C@H](C)CC[C@H]2O)CC1Cc2cc3c(cc2C12CCC(Nc1cccc(Cl)c1)(C(=O)O)CC2)OCO3. The second-order valence-corrected chi connectivity index (χ2v) is 14.1. The zero-order chi connectivity index (χ0) is 31.3. The van der Waals surface area contributed by atoms with E-state index in [1.165, 1.54) is 11.1 Å². The van der Waals surface area contributed by atoms with Gasteiger partial charge in [-0.25, -0.2) is 4.79 Å². The normalized spacial score (nSPS) is 28.8. The number of hydrogen-bond acceptors (Lipinski definition) is 7. The molecular formula is C36H41ClN2O6. The van der Waals surface area contributed by atoms with Crippen molar-refractivity contribution in [2.45, 2.75) is 88.2 Å². The Morgan fingerprint density at radius 2 is 1.91 bits per heavy atom. The van der Waals surface area contributed by atoms with Gasteiger partial charge in [-0.15, -0.1) is 0 Å². The minimum atomic E-state index is -1.07. The Bertz CT molecular complexity index is 1600. The van der Waals surface area contributed by atoms with Crippen molar-refractivity contribution >= 4 is 23.3 Å². The zero-order valence-electron chi connectivity index (χ0n) is 25.9. The van der Waals surface area contributed by atoms with Crippen LogP contribution in [0.5, 0.6) is 17.2 Å². The van der Waals surface area contributed by atoms with Gasteiger partial charge in [0.1, 0.15) is 11.3 Å². The molecule has 0 radical (unpaired) electrons. The van der Waals surface area contributed by atoms with Crippen LogP contribution < -0.4 is 19.5 Å². The van der Waals surface area contributed by atoms with E-state index in [0.29, 0.717) is 36.3 Å². The molecule has 2 aromatic carbocycles. The molecule has 1 aromatic heterocycles. The molecule has 1 aliphatic heterocycles. The van der Waals surface area contributed by atoms with E-state index >= 15 is 0 Å². The van der Waals surface area contributed by atoms with Gasteiger partial charge in [-0.3, -0.25) is 4.98 Å². The highest BCUT2D eigenvalue weighted by atomic mass is 35.5. The number of hydrogen-bond donors (Lipinski definition) is 3. The van der Waals surface area contributed by atoms with Crippen molar-refractivity contribution in [3.63, 3.8) is 0 Å². The third-order valence-corrected chi connectivity index (χ3v) is 11.1. The van der Waals surface area contributed by atoms with E-state index in [0.717, 1.165) is 72.7 Å². The first-order chi connectivity index (χ1) is 21.7. The number of fused-ring (bicyclic) bond motifs is 4. The third-order valence-electron chi connectivity index (χ3n) is 10.9. The van der Waals surface area contributed by atoms with E-state index in [2.05, 4.69) is 36.3 Å². The predicted octanol–water partition coefficient (Wildman–Crippen LogP) is 7.42. The number of carbonyl (C=O) groups is 1. The van der Waals surface area contributed by atoms with Gasteiger partial charge >= 0.3 is 5.97 Å². The highest BCUT2D eigenvalue weighted by Crippen LogP contribution is 2.58. The maximum Gasteiger partial charge on any atom is 0.329 e. The zero-order valence-corrected chi connectivity index (χ0v) is 26.6. The molecule has 3 N–H and O–H groups in total. The average Bonchev–Trinajstić information content (AvgIpc) is 3.59. The fourth-order valence-corrected chi connectivity index (χ4v) is 8.66.